The van der Waals surface area contributed by atoms with Crippen LogP contribution in [0.2, 0.25) is 0 Å². The number of carbonyl (C=O) groups excluding carboxylic acids is 1. The lowest BCUT2D eigenvalue weighted by atomic mass is 10.1. The molecule has 0 unspecified atom stereocenters. The van der Waals surface area contributed by atoms with Crippen molar-refractivity contribution in [2.24, 2.45) is 5.73 Å². The first-order chi connectivity index (χ1) is 16.0. The van der Waals surface area contributed by atoms with Gasteiger partial charge in [-0.05, 0) is 43.9 Å². The van der Waals surface area contributed by atoms with Gasteiger partial charge in [-0.3, -0.25) is 9.20 Å². The maximum atomic E-state index is 11.9. The first-order valence-corrected chi connectivity index (χ1v) is 11.2. The first kappa shape index (κ1) is 20.9. The molecule has 33 heavy (non-hydrogen) atoms. The number of imidazole rings is 1. The van der Waals surface area contributed by atoms with Gasteiger partial charge >= 0.3 is 0 Å². The number of nitrogens with one attached hydrogen (secondary N) is 1. The van der Waals surface area contributed by atoms with Crippen LogP contribution in [0, 0.1) is 6.92 Å². The topological polar surface area (TPSA) is 101 Å². The summed E-state index contributed by atoms with van der Waals surface area (Å²) in [6.07, 6.45) is 4.94. The Balaban J connectivity index is 1.66. The Morgan fingerprint density at radius 2 is 1.91 bits per heavy atom. The molecule has 0 fully saturated rings. The van der Waals surface area contributed by atoms with Crippen LogP contribution in [0.15, 0.2) is 48.7 Å². The smallest absolute Gasteiger partial charge is 0.252 e. The summed E-state index contributed by atoms with van der Waals surface area (Å²) in [5.41, 5.74) is 11.3. The van der Waals surface area contributed by atoms with Crippen LogP contribution >= 0.6 is 0 Å². The third-order valence-electron chi connectivity index (χ3n) is 6.10. The third kappa shape index (κ3) is 3.88. The fraction of sp³-hybridized carbons (Fsp3) is 0.280. The molecular formula is C25H27N7O. The molecule has 0 bridgehead atoms. The summed E-state index contributed by atoms with van der Waals surface area (Å²) < 4.78 is 1.86. The van der Waals surface area contributed by atoms with E-state index in [0.29, 0.717) is 23.6 Å². The van der Waals surface area contributed by atoms with Crippen molar-refractivity contribution in [3.05, 3.63) is 71.2 Å². The molecule has 0 saturated carbocycles. The molecule has 5 rings (SSSR count). The van der Waals surface area contributed by atoms with Gasteiger partial charge in [-0.15, -0.1) is 0 Å². The van der Waals surface area contributed by atoms with Crippen molar-refractivity contribution in [1.82, 2.24) is 19.4 Å². The van der Waals surface area contributed by atoms with Crippen molar-refractivity contribution in [2.75, 3.05) is 23.8 Å². The predicted octanol–water partition coefficient (Wildman–Crippen LogP) is 3.58. The molecular weight excluding hydrogens is 414 g/mol. The van der Waals surface area contributed by atoms with Crippen LogP contribution in [-0.2, 0) is 13.0 Å². The third-order valence-corrected chi connectivity index (χ3v) is 6.10. The van der Waals surface area contributed by atoms with Crippen LogP contribution in [-0.4, -0.2) is 38.9 Å². The number of aromatic nitrogens is 4. The van der Waals surface area contributed by atoms with Crippen LogP contribution < -0.4 is 16.0 Å². The van der Waals surface area contributed by atoms with E-state index in [-0.39, 0.29) is 0 Å². The van der Waals surface area contributed by atoms with Gasteiger partial charge in [0.25, 0.3) is 5.91 Å². The average Bonchev–Trinajstić information content (AvgIpc) is 3.04. The molecule has 0 saturated heterocycles. The van der Waals surface area contributed by atoms with E-state index in [4.69, 9.17) is 15.7 Å². The van der Waals surface area contributed by atoms with Gasteiger partial charge in [0.15, 0.2) is 11.6 Å². The van der Waals surface area contributed by atoms with Crippen molar-refractivity contribution in [3.8, 4) is 11.5 Å². The summed E-state index contributed by atoms with van der Waals surface area (Å²) in [7, 11) is 2.10. The monoisotopic (exact) mass is 441 g/mol. The first-order valence-electron chi connectivity index (χ1n) is 11.2. The van der Waals surface area contributed by atoms with Crippen LogP contribution in [0.25, 0.3) is 17.2 Å². The number of fused-ring (bicyclic) bond motifs is 2. The number of carbonyl (C=O) groups is 1. The Morgan fingerprint density at radius 1 is 1.09 bits per heavy atom. The number of primary amides is 1. The van der Waals surface area contributed by atoms with Crippen LogP contribution in [0.3, 0.4) is 0 Å². The zero-order valence-electron chi connectivity index (χ0n) is 18.9. The summed E-state index contributed by atoms with van der Waals surface area (Å²) in [6.45, 7) is 3.53. The number of amides is 1. The molecule has 1 aromatic carbocycles. The second-order valence-electron chi connectivity index (χ2n) is 8.43. The molecule has 3 aromatic heterocycles. The fourth-order valence-electron chi connectivity index (χ4n) is 4.48. The highest BCUT2D eigenvalue weighted by atomic mass is 16.1. The maximum absolute atomic E-state index is 11.9. The van der Waals surface area contributed by atoms with E-state index in [1.807, 2.05) is 35.7 Å². The highest BCUT2D eigenvalue weighted by Crippen LogP contribution is 2.34. The minimum absolute atomic E-state index is 0.378. The number of hydrogen-bond donors (Lipinski definition) is 2. The summed E-state index contributed by atoms with van der Waals surface area (Å²) in [4.78, 5) is 28.8. The highest BCUT2D eigenvalue weighted by molar-refractivity contribution is 5.99. The molecule has 168 valence electrons. The molecule has 1 amide bonds. The number of pyridine rings is 1. The number of hydrogen-bond acceptors (Lipinski definition) is 6. The molecule has 0 atom stereocenters. The van der Waals surface area contributed by atoms with Crippen LogP contribution in [0.1, 0.15) is 40.2 Å². The van der Waals surface area contributed by atoms with Gasteiger partial charge in [0.05, 0.1) is 17.0 Å². The molecule has 1 aliphatic heterocycles. The van der Waals surface area contributed by atoms with E-state index in [1.165, 1.54) is 5.56 Å². The van der Waals surface area contributed by atoms with E-state index < -0.39 is 5.91 Å². The second kappa shape index (κ2) is 8.54. The number of nitrogens with zero attached hydrogens (tertiary/aromatic N) is 5. The van der Waals surface area contributed by atoms with Crippen molar-refractivity contribution in [3.63, 3.8) is 0 Å². The molecule has 3 N–H and O–H groups in total. The molecule has 0 aliphatic carbocycles. The summed E-state index contributed by atoms with van der Waals surface area (Å²) in [5.74, 6) is 0.890. The summed E-state index contributed by atoms with van der Waals surface area (Å²) >= 11 is 0. The lowest BCUT2D eigenvalue weighted by molar-refractivity contribution is 0.100. The van der Waals surface area contributed by atoms with Crippen molar-refractivity contribution >= 4 is 23.1 Å². The largest absolute Gasteiger partial charge is 0.370 e. The Hall–Kier alpha value is -3.94. The van der Waals surface area contributed by atoms with Gasteiger partial charge in [-0.2, -0.15) is 0 Å². The van der Waals surface area contributed by atoms with E-state index in [1.54, 1.807) is 12.1 Å². The number of benzene rings is 1. The number of aryl methyl sites for hydroxylation is 2. The van der Waals surface area contributed by atoms with Crippen molar-refractivity contribution in [2.45, 2.75) is 32.7 Å². The van der Waals surface area contributed by atoms with Gasteiger partial charge in [-0.1, -0.05) is 30.3 Å². The van der Waals surface area contributed by atoms with Gasteiger partial charge in [0.2, 0.25) is 0 Å². The van der Waals surface area contributed by atoms with Gasteiger partial charge in [0, 0.05) is 26.3 Å². The van der Waals surface area contributed by atoms with Gasteiger partial charge in [0.1, 0.15) is 17.0 Å². The van der Waals surface area contributed by atoms with Gasteiger partial charge in [-0.25, -0.2) is 15.0 Å². The normalized spacial score (nSPS) is 13.6. The summed E-state index contributed by atoms with van der Waals surface area (Å²) in [5, 5.41) is 3.55. The van der Waals surface area contributed by atoms with Crippen LogP contribution in [0.4, 0.5) is 11.5 Å². The average molecular weight is 442 g/mol. The molecule has 0 spiro atoms. The van der Waals surface area contributed by atoms with E-state index in [0.717, 1.165) is 54.4 Å². The lowest BCUT2D eigenvalue weighted by Crippen LogP contribution is -2.21. The predicted molar refractivity (Wildman–Crippen MR) is 129 cm³/mol. The highest BCUT2D eigenvalue weighted by Gasteiger charge is 2.24. The Kier molecular flexibility index (Phi) is 5.42. The molecule has 4 heterocycles. The second-order valence-corrected chi connectivity index (χ2v) is 8.43. The van der Waals surface area contributed by atoms with E-state index >= 15 is 0 Å². The molecule has 0 radical (unpaired) electrons. The Bertz CT molecular complexity index is 1330. The molecule has 1 aliphatic rings. The Labute approximate surface area is 192 Å². The quantitative estimate of drug-likeness (QED) is 0.491. The van der Waals surface area contributed by atoms with Crippen molar-refractivity contribution in [1.29, 1.82) is 0 Å². The zero-order valence-corrected chi connectivity index (χ0v) is 18.9. The standard InChI is InChI=1S/C25H27N7O/c1-16-20(32-14-8-11-18(22(26)33)25(32)28-16)24-29-19-12-6-7-13-31(2)21(19)23(30-24)27-15-17-9-4-3-5-10-17/h3-5,8-11,14H,6-7,12-13,15H2,1-2H3,(H2,26,33)(H,27,29,30). The Morgan fingerprint density at radius 3 is 2.70 bits per heavy atom. The molecule has 8 heteroatoms. The van der Waals surface area contributed by atoms with Crippen LogP contribution in [0.5, 0.6) is 0 Å². The maximum Gasteiger partial charge on any atom is 0.252 e. The number of rotatable bonds is 5. The minimum Gasteiger partial charge on any atom is -0.370 e. The molecule has 8 nitrogen and oxygen atoms in total. The van der Waals surface area contributed by atoms with E-state index in [2.05, 4.69) is 34.4 Å². The van der Waals surface area contributed by atoms with Gasteiger partial charge < -0.3 is 16.0 Å². The minimum atomic E-state index is -0.508. The van der Waals surface area contributed by atoms with E-state index in [9.17, 15) is 4.79 Å². The number of nitrogens with two attached hydrogens (primary N) is 1. The molecule has 4 aromatic rings. The SMILES string of the molecule is Cc1nc2c(C(N)=O)cccn2c1-c1nc2c(c(NCc3ccccc3)n1)N(C)CCCC2. The fourth-order valence-corrected chi connectivity index (χ4v) is 4.48. The zero-order chi connectivity index (χ0) is 22.9. The van der Waals surface area contributed by atoms with Crippen molar-refractivity contribution < 1.29 is 4.79 Å². The lowest BCUT2D eigenvalue weighted by Gasteiger charge is -2.23. The number of anilines is 2. The summed E-state index contributed by atoms with van der Waals surface area (Å²) in [6, 6.07) is 13.8.